The number of fused-ring (bicyclic) bond motifs is 1. The molecule has 1 aliphatic rings. The molecule has 2 aromatic carbocycles. The summed E-state index contributed by atoms with van der Waals surface area (Å²) >= 11 is 0. The maximum absolute atomic E-state index is 13.6. The molecule has 0 atom stereocenters. The van der Waals surface area contributed by atoms with Crippen LogP contribution in [0.1, 0.15) is 43.0 Å². The Kier molecular flexibility index (Phi) is 4.41. The van der Waals surface area contributed by atoms with E-state index < -0.39 is 11.6 Å². The molecule has 3 aromatic rings. The number of amides is 1. The van der Waals surface area contributed by atoms with Gasteiger partial charge in [0, 0.05) is 23.6 Å². The molecule has 0 unspecified atom stereocenters. The number of benzene rings is 2. The quantitative estimate of drug-likeness (QED) is 0.698. The van der Waals surface area contributed by atoms with Gasteiger partial charge in [0.25, 0.3) is 0 Å². The van der Waals surface area contributed by atoms with Crippen molar-refractivity contribution in [3.05, 3.63) is 59.4 Å². The van der Waals surface area contributed by atoms with Crippen LogP contribution in [0.15, 0.2) is 36.4 Å². The Morgan fingerprint density at radius 1 is 1.19 bits per heavy atom. The molecule has 1 aliphatic carbocycles. The molecule has 4 rings (SSSR count). The van der Waals surface area contributed by atoms with Crippen molar-refractivity contribution in [2.45, 2.75) is 38.0 Å². The lowest BCUT2D eigenvalue weighted by Gasteiger charge is -2.22. The van der Waals surface area contributed by atoms with Crippen molar-refractivity contribution in [1.82, 2.24) is 9.97 Å². The van der Waals surface area contributed by atoms with Gasteiger partial charge in [-0.25, -0.2) is 13.8 Å². The van der Waals surface area contributed by atoms with Crippen LogP contribution in [0.25, 0.3) is 11.0 Å². The van der Waals surface area contributed by atoms with Crippen LogP contribution in [0.2, 0.25) is 0 Å². The maximum Gasteiger partial charge on any atom is 0.224 e. The van der Waals surface area contributed by atoms with Crippen LogP contribution in [0.5, 0.6) is 0 Å². The van der Waals surface area contributed by atoms with Gasteiger partial charge in [-0.3, -0.25) is 4.79 Å². The molecule has 1 fully saturated rings. The number of aromatic nitrogens is 2. The van der Waals surface area contributed by atoms with Crippen molar-refractivity contribution in [3.63, 3.8) is 0 Å². The van der Waals surface area contributed by atoms with Crippen LogP contribution in [0.3, 0.4) is 0 Å². The third-order valence-corrected chi connectivity index (χ3v) is 4.94. The maximum atomic E-state index is 13.6. The minimum atomic E-state index is -0.625. The minimum absolute atomic E-state index is 0.00614. The predicted molar refractivity (Wildman–Crippen MR) is 96.0 cm³/mol. The number of hydrogen-bond donors (Lipinski definition) is 2. The highest BCUT2D eigenvalue weighted by Gasteiger charge is 2.22. The fourth-order valence-electron chi connectivity index (χ4n) is 3.22. The Morgan fingerprint density at radius 3 is 2.65 bits per heavy atom. The summed E-state index contributed by atoms with van der Waals surface area (Å²) in [5.41, 5.74) is 2.33. The van der Waals surface area contributed by atoms with E-state index in [1.165, 1.54) is 24.6 Å². The predicted octanol–water partition coefficient (Wildman–Crippen LogP) is 4.68. The lowest BCUT2D eigenvalue weighted by molar-refractivity contribution is -0.116. The topological polar surface area (TPSA) is 57.8 Å². The Labute approximate surface area is 149 Å². The van der Waals surface area contributed by atoms with E-state index in [4.69, 9.17) is 0 Å². The first kappa shape index (κ1) is 16.7. The van der Waals surface area contributed by atoms with Gasteiger partial charge in [0.05, 0.1) is 11.0 Å². The molecule has 4 nitrogen and oxygen atoms in total. The van der Waals surface area contributed by atoms with E-state index >= 15 is 0 Å². The second-order valence-electron chi connectivity index (χ2n) is 6.73. The van der Waals surface area contributed by atoms with Crippen molar-refractivity contribution in [1.29, 1.82) is 0 Å². The Balaban J connectivity index is 1.42. The zero-order valence-corrected chi connectivity index (χ0v) is 14.2. The van der Waals surface area contributed by atoms with E-state index in [1.807, 2.05) is 12.1 Å². The first-order chi connectivity index (χ1) is 12.6. The molecule has 1 saturated carbocycles. The number of carbonyl (C=O) groups is 1. The molecule has 6 heteroatoms. The molecule has 134 valence electrons. The molecule has 0 aliphatic heterocycles. The third kappa shape index (κ3) is 3.31. The van der Waals surface area contributed by atoms with Crippen molar-refractivity contribution in [2.24, 2.45) is 0 Å². The van der Waals surface area contributed by atoms with Crippen LogP contribution >= 0.6 is 0 Å². The van der Waals surface area contributed by atoms with Crippen molar-refractivity contribution < 1.29 is 13.6 Å². The number of rotatable bonds is 5. The lowest BCUT2D eigenvalue weighted by Crippen LogP contribution is -2.13. The summed E-state index contributed by atoms with van der Waals surface area (Å²) in [6.45, 7) is 0. The molecular weight excluding hydrogens is 336 g/mol. The zero-order chi connectivity index (χ0) is 18.1. The summed E-state index contributed by atoms with van der Waals surface area (Å²) in [7, 11) is 0. The number of imidazole rings is 1. The first-order valence-corrected chi connectivity index (χ1v) is 8.82. The van der Waals surface area contributed by atoms with Crippen LogP contribution in [-0.4, -0.2) is 15.9 Å². The van der Waals surface area contributed by atoms with Crippen LogP contribution in [0.4, 0.5) is 14.5 Å². The summed E-state index contributed by atoms with van der Waals surface area (Å²) < 4.78 is 27.2. The zero-order valence-electron chi connectivity index (χ0n) is 14.2. The van der Waals surface area contributed by atoms with E-state index in [2.05, 4.69) is 15.3 Å². The number of hydrogen-bond acceptors (Lipinski definition) is 2. The van der Waals surface area contributed by atoms with E-state index in [9.17, 15) is 13.6 Å². The molecular formula is C20H19F2N3O. The van der Waals surface area contributed by atoms with Gasteiger partial charge >= 0.3 is 0 Å². The van der Waals surface area contributed by atoms with Crippen molar-refractivity contribution in [3.8, 4) is 0 Å². The third-order valence-electron chi connectivity index (χ3n) is 4.94. The largest absolute Gasteiger partial charge is 0.342 e. The molecule has 26 heavy (non-hydrogen) atoms. The normalized spacial score (nSPS) is 14.4. The average molecular weight is 355 g/mol. The molecule has 0 bridgehead atoms. The molecule has 0 saturated heterocycles. The molecule has 1 heterocycles. The molecule has 1 amide bonds. The number of nitrogens with one attached hydrogen (secondary N) is 2. The van der Waals surface area contributed by atoms with Gasteiger partial charge in [0.1, 0.15) is 17.5 Å². The Bertz CT molecular complexity index is 943. The van der Waals surface area contributed by atoms with Crippen molar-refractivity contribution in [2.75, 3.05) is 5.32 Å². The molecule has 0 spiro atoms. The highest BCUT2D eigenvalue weighted by atomic mass is 19.1. The van der Waals surface area contributed by atoms with E-state index in [0.29, 0.717) is 11.6 Å². The highest BCUT2D eigenvalue weighted by molar-refractivity contribution is 5.93. The van der Waals surface area contributed by atoms with Gasteiger partial charge < -0.3 is 10.3 Å². The fourth-order valence-corrected chi connectivity index (χ4v) is 3.22. The number of nitrogens with zero attached hydrogens (tertiary/aromatic N) is 1. The summed E-state index contributed by atoms with van der Waals surface area (Å²) in [6.07, 6.45) is 3.59. The monoisotopic (exact) mass is 355 g/mol. The second kappa shape index (κ2) is 6.86. The number of halogens is 2. The molecule has 1 aromatic heterocycles. The van der Waals surface area contributed by atoms with Gasteiger partial charge in [-0.1, -0.05) is 12.5 Å². The smallest absolute Gasteiger partial charge is 0.224 e. The number of aromatic amines is 1. The van der Waals surface area contributed by atoms with Gasteiger partial charge in [-0.05, 0) is 49.6 Å². The van der Waals surface area contributed by atoms with Crippen LogP contribution in [-0.2, 0) is 11.2 Å². The number of H-pyrrole nitrogens is 1. The standard InChI is InChI=1S/C20H19F2N3O/c21-15-5-2-6-16(22)14(15)8-10-19(26)23-13-7-9-17-18(11-13)25-20(24-17)12-3-1-4-12/h2,5-7,9,11-12H,1,3-4,8,10H2,(H,23,26)(H,24,25). The second-order valence-corrected chi connectivity index (χ2v) is 6.73. The molecule has 0 radical (unpaired) electrons. The van der Waals surface area contributed by atoms with E-state index in [1.54, 1.807) is 6.07 Å². The number of carbonyl (C=O) groups excluding carboxylic acids is 1. The van der Waals surface area contributed by atoms with Crippen LogP contribution in [0, 0.1) is 11.6 Å². The van der Waals surface area contributed by atoms with E-state index in [-0.39, 0.29) is 24.3 Å². The highest BCUT2D eigenvalue weighted by Crippen LogP contribution is 2.35. The minimum Gasteiger partial charge on any atom is -0.342 e. The van der Waals surface area contributed by atoms with E-state index in [0.717, 1.165) is 29.7 Å². The average Bonchev–Trinajstić information content (AvgIpc) is 2.95. The SMILES string of the molecule is O=C(CCc1c(F)cccc1F)Nc1ccc2nc(C3CCC3)[nH]c2c1. The van der Waals surface area contributed by atoms with Gasteiger partial charge in [-0.2, -0.15) is 0 Å². The lowest BCUT2D eigenvalue weighted by atomic mass is 9.85. The van der Waals surface area contributed by atoms with Gasteiger partial charge in [0.15, 0.2) is 0 Å². The van der Waals surface area contributed by atoms with Gasteiger partial charge in [-0.15, -0.1) is 0 Å². The number of anilines is 1. The summed E-state index contributed by atoms with van der Waals surface area (Å²) in [5.74, 6) is -0.0213. The molecule has 2 N–H and O–H groups in total. The van der Waals surface area contributed by atoms with Crippen LogP contribution < -0.4 is 5.32 Å². The van der Waals surface area contributed by atoms with Gasteiger partial charge in [0.2, 0.25) is 5.91 Å². The summed E-state index contributed by atoms with van der Waals surface area (Å²) in [6, 6.07) is 9.19. The Hall–Kier alpha value is -2.76. The Morgan fingerprint density at radius 2 is 1.96 bits per heavy atom. The summed E-state index contributed by atoms with van der Waals surface area (Å²) in [4.78, 5) is 20.1. The fraction of sp³-hybridized carbons (Fsp3) is 0.300. The van der Waals surface area contributed by atoms with Crippen molar-refractivity contribution >= 4 is 22.6 Å². The summed E-state index contributed by atoms with van der Waals surface area (Å²) in [5, 5.41) is 2.78. The first-order valence-electron chi connectivity index (χ1n) is 8.82.